The van der Waals surface area contributed by atoms with Crippen LogP contribution in [0.4, 0.5) is 0 Å². The molecule has 1 atom stereocenters. The van der Waals surface area contributed by atoms with E-state index in [1.54, 1.807) is 6.26 Å². The van der Waals surface area contributed by atoms with Crippen molar-refractivity contribution in [3.63, 3.8) is 0 Å². The van der Waals surface area contributed by atoms with E-state index in [1.807, 2.05) is 24.0 Å². The maximum Gasteiger partial charge on any atom is 0.239 e. The Morgan fingerprint density at radius 3 is 3.18 bits per heavy atom. The molecule has 1 aromatic rings. The molecule has 0 aromatic carbocycles. The van der Waals surface area contributed by atoms with E-state index in [1.165, 1.54) is 0 Å². The van der Waals surface area contributed by atoms with Gasteiger partial charge in [-0.05, 0) is 31.5 Å². The molecule has 2 heterocycles. The highest BCUT2D eigenvalue weighted by Crippen LogP contribution is 2.13. The molecule has 17 heavy (non-hydrogen) atoms. The van der Waals surface area contributed by atoms with E-state index in [0.29, 0.717) is 0 Å². The molecule has 1 N–H and O–H groups in total. The first-order valence-electron chi connectivity index (χ1n) is 6.36. The number of furan rings is 1. The molecular weight excluding hydrogens is 216 g/mol. The Balaban J connectivity index is 1.85. The largest absolute Gasteiger partial charge is 0.469 e. The van der Waals surface area contributed by atoms with Gasteiger partial charge in [-0.15, -0.1) is 0 Å². The molecule has 4 nitrogen and oxygen atoms in total. The SMILES string of the molecule is CCNC1CCCN(CCc2ccco2)C1=O. The van der Waals surface area contributed by atoms with Crippen molar-refractivity contribution in [1.29, 1.82) is 0 Å². The Morgan fingerprint density at radius 2 is 2.47 bits per heavy atom. The van der Waals surface area contributed by atoms with E-state index >= 15 is 0 Å². The number of carbonyl (C=O) groups excluding carboxylic acids is 1. The minimum absolute atomic E-state index is 0.0188. The summed E-state index contributed by atoms with van der Waals surface area (Å²) >= 11 is 0. The van der Waals surface area contributed by atoms with Crippen molar-refractivity contribution in [2.24, 2.45) is 0 Å². The summed E-state index contributed by atoms with van der Waals surface area (Å²) in [6, 6.07) is 3.86. The topological polar surface area (TPSA) is 45.5 Å². The summed E-state index contributed by atoms with van der Waals surface area (Å²) in [4.78, 5) is 14.1. The van der Waals surface area contributed by atoms with Crippen LogP contribution in [0.2, 0.25) is 0 Å². The fourth-order valence-electron chi connectivity index (χ4n) is 2.30. The summed E-state index contributed by atoms with van der Waals surface area (Å²) < 4.78 is 5.28. The molecule has 1 aromatic heterocycles. The summed E-state index contributed by atoms with van der Waals surface area (Å²) in [7, 11) is 0. The van der Waals surface area contributed by atoms with Crippen molar-refractivity contribution in [2.75, 3.05) is 19.6 Å². The molecule has 0 radical (unpaired) electrons. The normalized spacial score (nSPS) is 20.9. The second kappa shape index (κ2) is 5.87. The fraction of sp³-hybridized carbons (Fsp3) is 0.615. The molecule has 0 spiro atoms. The predicted octanol–water partition coefficient (Wildman–Crippen LogP) is 1.42. The lowest BCUT2D eigenvalue weighted by Gasteiger charge is -2.32. The van der Waals surface area contributed by atoms with Gasteiger partial charge in [0.05, 0.1) is 12.3 Å². The van der Waals surface area contributed by atoms with Gasteiger partial charge in [-0.1, -0.05) is 6.92 Å². The van der Waals surface area contributed by atoms with Crippen molar-refractivity contribution in [3.8, 4) is 0 Å². The molecule has 1 aliphatic heterocycles. The smallest absolute Gasteiger partial charge is 0.239 e. The Kier molecular flexibility index (Phi) is 4.20. The first kappa shape index (κ1) is 12.2. The lowest BCUT2D eigenvalue weighted by atomic mass is 10.0. The van der Waals surface area contributed by atoms with Crippen molar-refractivity contribution in [1.82, 2.24) is 10.2 Å². The summed E-state index contributed by atoms with van der Waals surface area (Å²) in [5.74, 6) is 1.19. The van der Waals surface area contributed by atoms with Gasteiger partial charge in [0.25, 0.3) is 0 Å². The summed E-state index contributed by atoms with van der Waals surface area (Å²) in [5, 5.41) is 3.24. The van der Waals surface area contributed by atoms with Crippen LogP contribution in [0, 0.1) is 0 Å². The minimum Gasteiger partial charge on any atom is -0.469 e. The number of likely N-dealkylation sites (N-methyl/N-ethyl adjacent to an activating group) is 1. The van der Waals surface area contributed by atoms with Gasteiger partial charge in [0, 0.05) is 19.5 Å². The average molecular weight is 236 g/mol. The van der Waals surface area contributed by atoms with Crippen LogP contribution in [0.3, 0.4) is 0 Å². The number of piperidine rings is 1. The Hall–Kier alpha value is -1.29. The van der Waals surface area contributed by atoms with Crippen molar-refractivity contribution in [3.05, 3.63) is 24.2 Å². The van der Waals surface area contributed by atoms with Gasteiger partial charge in [-0.25, -0.2) is 0 Å². The van der Waals surface area contributed by atoms with Gasteiger partial charge in [-0.2, -0.15) is 0 Å². The van der Waals surface area contributed by atoms with E-state index in [9.17, 15) is 4.79 Å². The number of amides is 1. The van der Waals surface area contributed by atoms with E-state index in [2.05, 4.69) is 5.32 Å². The lowest BCUT2D eigenvalue weighted by molar-refractivity contribution is -0.135. The summed E-state index contributed by atoms with van der Waals surface area (Å²) in [6.45, 7) is 4.52. The highest BCUT2D eigenvalue weighted by atomic mass is 16.3. The number of nitrogens with zero attached hydrogens (tertiary/aromatic N) is 1. The second-order valence-electron chi connectivity index (χ2n) is 4.41. The number of hydrogen-bond acceptors (Lipinski definition) is 3. The summed E-state index contributed by atoms with van der Waals surface area (Å²) in [6.07, 6.45) is 4.53. The molecule has 2 rings (SSSR count). The van der Waals surface area contributed by atoms with Crippen LogP contribution < -0.4 is 5.32 Å². The molecule has 1 fully saturated rings. The second-order valence-corrected chi connectivity index (χ2v) is 4.41. The van der Waals surface area contributed by atoms with Gasteiger partial charge < -0.3 is 14.6 Å². The van der Waals surface area contributed by atoms with Gasteiger partial charge >= 0.3 is 0 Å². The van der Waals surface area contributed by atoms with Gasteiger partial charge in [0.1, 0.15) is 5.76 Å². The summed E-state index contributed by atoms with van der Waals surface area (Å²) in [5.41, 5.74) is 0. The molecular formula is C13H20N2O2. The zero-order valence-electron chi connectivity index (χ0n) is 10.3. The molecule has 0 aliphatic carbocycles. The third-order valence-corrected chi connectivity index (χ3v) is 3.19. The van der Waals surface area contributed by atoms with Crippen LogP contribution >= 0.6 is 0 Å². The Morgan fingerprint density at radius 1 is 1.59 bits per heavy atom. The standard InChI is InChI=1S/C13H20N2O2/c1-2-14-12-6-3-8-15(13(12)16)9-7-11-5-4-10-17-11/h4-5,10,12,14H,2-3,6-9H2,1H3. The van der Waals surface area contributed by atoms with Crippen LogP contribution in [0.25, 0.3) is 0 Å². The monoisotopic (exact) mass is 236 g/mol. The Bertz CT molecular complexity index is 346. The third-order valence-electron chi connectivity index (χ3n) is 3.19. The highest BCUT2D eigenvalue weighted by molar-refractivity contribution is 5.82. The van der Waals surface area contributed by atoms with E-state index in [0.717, 1.165) is 44.7 Å². The van der Waals surface area contributed by atoms with Crippen LogP contribution in [0.1, 0.15) is 25.5 Å². The van der Waals surface area contributed by atoms with Crippen LogP contribution in [0.5, 0.6) is 0 Å². The number of likely N-dealkylation sites (tertiary alicyclic amines) is 1. The number of hydrogen-bond donors (Lipinski definition) is 1. The predicted molar refractivity (Wildman–Crippen MR) is 65.7 cm³/mol. The van der Waals surface area contributed by atoms with Crippen LogP contribution in [-0.4, -0.2) is 36.5 Å². The highest BCUT2D eigenvalue weighted by Gasteiger charge is 2.27. The van der Waals surface area contributed by atoms with Crippen LogP contribution in [-0.2, 0) is 11.2 Å². The van der Waals surface area contributed by atoms with Gasteiger partial charge in [0.2, 0.25) is 5.91 Å². The number of rotatable bonds is 5. The molecule has 94 valence electrons. The molecule has 0 saturated carbocycles. The van der Waals surface area contributed by atoms with Crippen molar-refractivity contribution >= 4 is 5.91 Å². The molecule has 1 saturated heterocycles. The van der Waals surface area contributed by atoms with Gasteiger partial charge in [0.15, 0.2) is 0 Å². The number of nitrogens with one attached hydrogen (secondary N) is 1. The number of carbonyl (C=O) groups is 1. The first-order chi connectivity index (χ1) is 8.31. The Labute approximate surface area is 102 Å². The fourth-order valence-corrected chi connectivity index (χ4v) is 2.30. The minimum atomic E-state index is 0.0188. The molecule has 1 unspecified atom stereocenters. The maximum atomic E-state index is 12.1. The van der Waals surface area contributed by atoms with Crippen molar-refractivity contribution < 1.29 is 9.21 Å². The van der Waals surface area contributed by atoms with E-state index in [-0.39, 0.29) is 11.9 Å². The van der Waals surface area contributed by atoms with E-state index < -0.39 is 0 Å². The maximum absolute atomic E-state index is 12.1. The zero-order valence-corrected chi connectivity index (χ0v) is 10.3. The van der Waals surface area contributed by atoms with Gasteiger partial charge in [-0.3, -0.25) is 4.79 Å². The third kappa shape index (κ3) is 3.09. The molecule has 4 heteroatoms. The average Bonchev–Trinajstić information content (AvgIpc) is 2.83. The molecule has 1 amide bonds. The lowest BCUT2D eigenvalue weighted by Crippen LogP contribution is -2.51. The quantitative estimate of drug-likeness (QED) is 0.841. The molecule has 0 bridgehead atoms. The molecule has 1 aliphatic rings. The first-order valence-corrected chi connectivity index (χ1v) is 6.36. The zero-order chi connectivity index (χ0) is 12.1. The van der Waals surface area contributed by atoms with Crippen molar-refractivity contribution in [2.45, 2.75) is 32.2 Å². The van der Waals surface area contributed by atoms with Crippen LogP contribution in [0.15, 0.2) is 22.8 Å². The van der Waals surface area contributed by atoms with E-state index in [4.69, 9.17) is 4.42 Å².